The van der Waals surface area contributed by atoms with Crippen LogP contribution in [0.15, 0.2) is 0 Å². The average Bonchev–Trinajstić information content (AvgIpc) is 4.00. The molecule has 29 fully saturated rings. The molecule has 29 aliphatic carbocycles. The zero-order valence-electron chi connectivity index (χ0n) is 45.8. The van der Waals surface area contributed by atoms with Crippen LogP contribution < -0.4 is 0 Å². The predicted molar refractivity (Wildman–Crippen MR) is 289 cm³/mol. The molecule has 0 heteroatoms. The summed E-state index contributed by atoms with van der Waals surface area (Å²) in [4.78, 5) is 0. The number of fused-ring (bicyclic) bond motifs is 27. The zero-order valence-corrected chi connectivity index (χ0v) is 45.8. The Morgan fingerprint density at radius 2 is 0.366 bits per heavy atom. The van der Waals surface area contributed by atoms with E-state index in [-0.39, 0.29) is 0 Å². The van der Waals surface area contributed by atoms with Crippen molar-refractivity contribution >= 4 is 0 Å². The third-order valence-electron chi connectivity index (χ3n) is 31.8. The van der Waals surface area contributed by atoms with Gasteiger partial charge >= 0.3 is 0 Å². The smallest absolute Gasteiger partial charge is 0.0318 e. The van der Waals surface area contributed by atoms with Gasteiger partial charge in [0.2, 0.25) is 0 Å². The lowest BCUT2D eigenvalue weighted by Crippen LogP contribution is -2.38. The van der Waals surface area contributed by atoms with Gasteiger partial charge in [-0.1, -0.05) is 12.8 Å². The van der Waals surface area contributed by atoms with Crippen molar-refractivity contribution in [1.82, 2.24) is 0 Å². The van der Waals surface area contributed by atoms with Crippen molar-refractivity contribution in [2.24, 2.45) is 201 Å². The molecule has 29 saturated carbocycles. The van der Waals surface area contributed by atoms with E-state index < -0.39 is 0 Å². The summed E-state index contributed by atoms with van der Waals surface area (Å²) >= 11 is 0. The summed E-state index contributed by atoms with van der Waals surface area (Å²) in [6.45, 7) is 0. The second-order valence-electron chi connectivity index (χ2n) is 34.3. The minimum Gasteiger partial charge on any atom is -0.0527 e. The van der Waals surface area contributed by atoms with E-state index in [0.717, 1.165) is 0 Å². The molecule has 0 amide bonds. The summed E-state index contributed by atoms with van der Waals surface area (Å²) in [7, 11) is 0. The molecule has 0 aliphatic heterocycles. The van der Waals surface area contributed by atoms with E-state index in [4.69, 9.17) is 0 Å². The van der Waals surface area contributed by atoms with E-state index in [2.05, 4.69) is 0 Å². The van der Waals surface area contributed by atoms with E-state index in [9.17, 15) is 0 Å². The maximum atomic E-state index is 1.64. The lowest BCUT2D eigenvalue weighted by molar-refractivity contribution is 0.0198. The van der Waals surface area contributed by atoms with E-state index in [0.29, 0.717) is 0 Å². The average molecular weight is 962 g/mol. The molecule has 16 unspecified atom stereocenters. The minimum absolute atomic E-state index is 1.18. The van der Waals surface area contributed by atoms with Gasteiger partial charge in [0.05, 0.1) is 0 Å². The largest absolute Gasteiger partial charge is 0.0527 e. The molecule has 0 heterocycles. The van der Waals surface area contributed by atoms with Gasteiger partial charge in [0.15, 0.2) is 0 Å². The van der Waals surface area contributed by atoms with Gasteiger partial charge in [0, 0.05) is 0 Å². The Kier molecular flexibility index (Phi) is 10.9. The molecule has 0 aromatic carbocycles. The van der Waals surface area contributed by atoms with Crippen molar-refractivity contribution in [3.8, 4) is 0 Å². The molecule has 0 aromatic heterocycles. The molecular formula is C71H108. The first-order valence-corrected chi connectivity index (χ1v) is 35.1. The molecule has 22 bridgehead atoms. The Bertz CT molecular complexity index is 1720. The number of hydrogen-bond acceptors (Lipinski definition) is 0. The first-order valence-electron chi connectivity index (χ1n) is 35.1. The maximum absolute atomic E-state index is 1.64. The van der Waals surface area contributed by atoms with Gasteiger partial charge in [0.25, 0.3) is 0 Å². The van der Waals surface area contributed by atoms with Crippen molar-refractivity contribution in [3.05, 3.63) is 0 Å². The third kappa shape index (κ3) is 7.70. The van der Waals surface area contributed by atoms with Crippen LogP contribution in [-0.4, -0.2) is 0 Å². The standard InChI is InChI=1S/C12H18.2C10H16.2C9H14.C8H12.C7H10.C6H8/c1-2-8-5-7(1)11-9-3-4-10(6-9)12(8)11;1-7-2-9-4-8(1)5-10(3-7)6-9;1-2-9-7-4-5-8(6-7)10(9)3-1;1-6-2-8-4-7(1)5-9(8)3-6;1-2-7-5-6(1)8-3-4-9(7)8;1-2-6-3-5(1)7-4-8(6)7;1-2-4-6-5(3-1)7(4)6;1-2-4-5-3(1)6(4)5/h7-12H,1-6H2;2*7-10H,1-6H2;2*6-9H,1-5H2;5-8H,1-4H2;4-7H,1-3H2;3-6H,1-2H2. The fourth-order valence-electron chi connectivity index (χ4n) is 29.2. The molecule has 0 N–H and O–H groups in total. The molecule has 0 radical (unpaired) electrons. The Morgan fingerprint density at radius 1 is 0.127 bits per heavy atom. The van der Waals surface area contributed by atoms with Gasteiger partial charge in [-0.3, -0.25) is 0 Å². The molecule has 392 valence electrons. The van der Waals surface area contributed by atoms with Gasteiger partial charge in [0.1, 0.15) is 0 Å². The van der Waals surface area contributed by atoms with Crippen molar-refractivity contribution < 1.29 is 0 Å². The molecule has 0 spiro atoms. The van der Waals surface area contributed by atoms with Gasteiger partial charge in [-0.25, -0.2) is 0 Å². The first kappa shape index (κ1) is 44.9. The summed E-state index contributed by atoms with van der Waals surface area (Å²) in [5, 5.41) is 0. The Morgan fingerprint density at radius 3 is 0.620 bits per heavy atom. The molecule has 29 rings (SSSR count). The normalized spacial score (nSPS) is 64.2. The quantitative estimate of drug-likeness (QED) is 0.212. The van der Waals surface area contributed by atoms with Crippen molar-refractivity contribution in [3.63, 3.8) is 0 Å². The van der Waals surface area contributed by atoms with Crippen LogP contribution in [0.25, 0.3) is 0 Å². The second kappa shape index (κ2) is 17.2. The highest BCUT2D eigenvalue weighted by atomic mass is 14.8. The number of rotatable bonds is 0. The molecule has 16 atom stereocenters. The van der Waals surface area contributed by atoms with Crippen LogP contribution in [0.1, 0.15) is 238 Å². The Hall–Kier alpha value is 0. The highest BCUT2D eigenvalue weighted by Crippen LogP contribution is 2.82. The Labute approximate surface area is 436 Å². The third-order valence-corrected chi connectivity index (χ3v) is 31.8. The van der Waals surface area contributed by atoms with Crippen LogP contribution >= 0.6 is 0 Å². The lowest BCUT2D eigenvalue weighted by Gasteiger charge is -2.49. The maximum Gasteiger partial charge on any atom is -0.0318 e. The van der Waals surface area contributed by atoms with E-state index in [1.54, 1.807) is 238 Å². The predicted octanol–water partition coefficient (Wildman–Crippen LogP) is 18.6. The van der Waals surface area contributed by atoms with Gasteiger partial charge < -0.3 is 0 Å². The summed E-state index contributed by atoms with van der Waals surface area (Å²) < 4.78 is 0. The van der Waals surface area contributed by atoms with Crippen LogP contribution in [0.5, 0.6) is 0 Å². The SMILES string of the molecule is C1C2CC3CC1CC(C2)C3.C1C2CC3CC1CC3C2.C1CC2C3C(C1)C23.C1CC2C3C1C23.C1CC2C3CCC(C3)C2C1.C1CC2CC1C1C3CCC(C3)C21.C1CC2CC1C1CC21.C1CC2CC1C1CCC21. The van der Waals surface area contributed by atoms with E-state index in [1.165, 1.54) is 201 Å². The van der Waals surface area contributed by atoms with Crippen LogP contribution in [0.2, 0.25) is 0 Å². The Balaban J connectivity index is 0.0000000660. The molecule has 0 aromatic rings. The van der Waals surface area contributed by atoms with E-state index >= 15 is 0 Å². The van der Waals surface area contributed by atoms with Crippen LogP contribution in [0.4, 0.5) is 0 Å². The highest BCUT2D eigenvalue weighted by Gasteiger charge is 2.76. The van der Waals surface area contributed by atoms with E-state index in [1.807, 2.05) is 0 Å². The molecule has 0 nitrogen and oxygen atoms in total. The summed E-state index contributed by atoms with van der Waals surface area (Å²) in [5.74, 6) is 41.6. The van der Waals surface area contributed by atoms with Crippen LogP contribution in [0.3, 0.4) is 0 Å². The second-order valence-corrected chi connectivity index (χ2v) is 34.3. The van der Waals surface area contributed by atoms with Crippen LogP contribution in [-0.2, 0) is 0 Å². The fraction of sp³-hybridized carbons (Fsp3) is 1.00. The molecule has 0 saturated heterocycles. The highest BCUT2D eigenvalue weighted by molar-refractivity contribution is 5.24. The summed E-state index contributed by atoms with van der Waals surface area (Å²) in [5.41, 5.74) is 0. The minimum atomic E-state index is 1.18. The van der Waals surface area contributed by atoms with Gasteiger partial charge in [-0.2, -0.15) is 0 Å². The summed E-state index contributed by atoms with van der Waals surface area (Å²) in [6.07, 6.45) is 59.2. The molecule has 29 aliphatic rings. The summed E-state index contributed by atoms with van der Waals surface area (Å²) in [6, 6.07) is 0. The monoisotopic (exact) mass is 961 g/mol. The van der Waals surface area contributed by atoms with Crippen molar-refractivity contribution in [2.75, 3.05) is 0 Å². The fourth-order valence-corrected chi connectivity index (χ4v) is 29.2. The van der Waals surface area contributed by atoms with Gasteiger partial charge in [-0.15, -0.1) is 0 Å². The van der Waals surface area contributed by atoms with Gasteiger partial charge in [-0.05, 0) is 426 Å². The topological polar surface area (TPSA) is 0 Å². The number of hydrogen-bond donors (Lipinski definition) is 0. The molecular weight excluding hydrogens is 853 g/mol. The van der Waals surface area contributed by atoms with Crippen LogP contribution in [0, 0.1) is 201 Å². The molecule has 71 heavy (non-hydrogen) atoms. The lowest BCUT2D eigenvalue weighted by atomic mass is 9.56. The van der Waals surface area contributed by atoms with Crippen molar-refractivity contribution in [1.29, 1.82) is 0 Å². The van der Waals surface area contributed by atoms with Crippen molar-refractivity contribution in [2.45, 2.75) is 238 Å². The first-order chi connectivity index (χ1) is 35.1. The zero-order chi connectivity index (χ0) is 45.8.